The van der Waals surface area contributed by atoms with Crippen LogP contribution in [0.4, 0.5) is 0 Å². The zero-order chi connectivity index (χ0) is 17.1. The summed E-state index contributed by atoms with van der Waals surface area (Å²) in [6, 6.07) is 6.15. The van der Waals surface area contributed by atoms with Gasteiger partial charge in [-0.2, -0.15) is 0 Å². The molecule has 2 fully saturated rings. The van der Waals surface area contributed by atoms with Gasteiger partial charge in [-0.3, -0.25) is 4.79 Å². The van der Waals surface area contributed by atoms with E-state index in [0.717, 1.165) is 42.6 Å². The summed E-state index contributed by atoms with van der Waals surface area (Å²) in [5, 5.41) is 8.52. The number of aromatic nitrogens is 1. The Bertz CT molecular complexity index is 728. The van der Waals surface area contributed by atoms with E-state index >= 15 is 0 Å². The van der Waals surface area contributed by atoms with E-state index in [1.54, 1.807) is 0 Å². The smallest absolute Gasteiger partial charge is 0.312 e. The predicted molar refractivity (Wildman–Crippen MR) is 95.5 cm³/mol. The summed E-state index contributed by atoms with van der Waals surface area (Å²) in [6.45, 7) is 1.83. The van der Waals surface area contributed by atoms with Gasteiger partial charge in [0.05, 0.1) is 6.42 Å². The second-order valence-electron chi connectivity index (χ2n) is 7.30. The molecule has 1 aromatic carbocycles. The van der Waals surface area contributed by atoms with Crippen molar-refractivity contribution in [2.24, 2.45) is 0 Å². The maximum atomic E-state index is 12.4. The largest absolute Gasteiger partial charge is 0.462 e. The Kier molecular flexibility index (Phi) is 5.02. The highest BCUT2D eigenvalue weighted by atomic mass is 16.5. The lowest BCUT2D eigenvalue weighted by molar-refractivity contribution is -0.149. The molecule has 1 saturated carbocycles. The quantitative estimate of drug-likeness (QED) is 0.858. The number of benzene rings is 1. The van der Waals surface area contributed by atoms with Crippen molar-refractivity contribution in [3.05, 3.63) is 29.5 Å². The van der Waals surface area contributed by atoms with Gasteiger partial charge in [-0.25, -0.2) is 0 Å². The second kappa shape index (κ2) is 7.56. The highest BCUT2D eigenvalue weighted by Gasteiger charge is 2.24. The van der Waals surface area contributed by atoms with E-state index in [9.17, 15) is 4.79 Å². The number of fused-ring (bicyclic) bond motifs is 1. The van der Waals surface area contributed by atoms with Crippen LogP contribution in [0.5, 0.6) is 0 Å². The van der Waals surface area contributed by atoms with Gasteiger partial charge in [0.2, 0.25) is 0 Å². The second-order valence-corrected chi connectivity index (χ2v) is 7.30. The van der Waals surface area contributed by atoms with E-state index in [4.69, 9.17) is 9.26 Å². The van der Waals surface area contributed by atoms with Crippen molar-refractivity contribution in [1.29, 1.82) is 0 Å². The third kappa shape index (κ3) is 3.71. The molecular weight excluding hydrogens is 316 g/mol. The molecule has 1 N–H and O–H groups in total. The molecule has 5 nitrogen and oxygen atoms in total. The number of nitrogens with zero attached hydrogens (tertiary/aromatic N) is 1. The van der Waals surface area contributed by atoms with Crippen LogP contribution in [0.25, 0.3) is 11.0 Å². The van der Waals surface area contributed by atoms with Crippen LogP contribution in [0.1, 0.15) is 62.1 Å². The third-order valence-electron chi connectivity index (χ3n) is 5.54. The number of carbonyl (C=O) groups is 1. The molecule has 0 atom stereocenters. The van der Waals surface area contributed by atoms with Crippen molar-refractivity contribution in [2.45, 2.75) is 63.4 Å². The molecule has 5 heteroatoms. The fourth-order valence-corrected chi connectivity index (χ4v) is 4.23. The van der Waals surface area contributed by atoms with E-state index in [1.165, 1.54) is 37.7 Å². The lowest BCUT2D eigenvalue weighted by Gasteiger charge is -2.23. The van der Waals surface area contributed by atoms with Crippen LogP contribution in [0.2, 0.25) is 0 Å². The Balaban J connectivity index is 1.53. The van der Waals surface area contributed by atoms with Crippen LogP contribution < -0.4 is 5.32 Å². The molecular formula is C20H26N2O3. The Labute approximate surface area is 148 Å². The first-order chi connectivity index (χ1) is 12.3. The van der Waals surface area contributed by atoms with E-state index in [2.05, 4.69) is 16.5 Å². The maximum absolute atomic E-state index is 12.4. The summed E-state index contributed by atoms with van der Waals surface area (Å²) < 4.78 is 11.1. The van der Waals surface area contributed by atoms with Crippen LogP contribution in [-0.2, 0) is 16.0 Å². The number of carbonyl (C=O) groups excluding carboxylic acids is 1. The van der Waals surface area contributed by atoms with Crippen molar-refractivity contribution in [1.82, 2.24) is 10.5 Å². The number of esters is 1. The standard InChI is InChI=1S/C20H26N2O3/c23-19(24-15-9-11-21-12-10-15)13-17-20-16(14-5-2-1-3-6-14)7-4-8-18(20)25-22-17/h4,7-8,14-15,21H,1-3,5-6,9-13H2. The predicted octanol–water partition coefficient (Wildman–Crippen LogP) is 3.71. The number of piperidine rings is 1. The molecule has 0 radical (unpaired) electrons. The summed E-state index contributed by atoms with van der Waals surface area (Å²) in [5.41, 5.74) is 2.81. The summed E-state index contributed by atoms with van der Waals surface area (Å²) in [5.74, 6) is 0.358. The molecule has 2 aromatic rings. The number of ether oxygens (including phenoxy) is 1. The molecule has 2 aliphatic rings. The lowest BCUT2D eigenvalue weighted by atomic mass is 9.82. The molecule has 1 aliphatic heterocycles. The average molecular weight is 342 g/mol. The van der Waals surface area contributed by atoms with E-state index in [1.807, 2.05) is 12.1 Å². The van der Waals surface area contributed by atoms with Gasteiger partial charge >= 0.3 is 5.97 Å². The van der Waals surface area contributed by atoms with E-state index in [0.29, 0.717) is 5.92 Å². The highest BCUT2D eigenvalue weighted by molar-refractivity contribution is 5.87. The SMILES string of the molecule is O=C(Cc1noc2cccc(C3CCCCC3)c12)OC1CCNCC1. The summed E-state index contributed by atoms with van der Waals surface area (Å²) in [4.78, 5) is 12.4. The molecule has 134 valence electrons. The van der Waals surface area contributed by atoms with Gasteiger partial charge in [0, 0.05) is 5.39 Å². The van der Waals surface area contributed by atoms with Crippen molar-refractivity contribution in [2.75, 3.05) is 13.1 Å². The summed E-state index contributed by atoms with van der Waals surface area (Å²) >= 11 is 0. The molecule has 4 rings (SSSR count). The molecule has 1 aliphatic carbocycles. The van der Waals surface area contributed by atoms with Gasteiger partial charge in [0.25, 0.3) is 0 Å². The van der Waals surface area contributed by atoms with Crippen molar-refractivity contribution >= 4 is 16.9 Å². The van der Waals surface area contributed by atoms with Crippen LogP contribution in [-0.4, -0.2) is 30.3 Å². The van der Waals surface area contributed by atoms with Crippen molar-refractivity contribution < 1.29 is 14.1 Å². The van der Waals surface area contributed by atoms with Gasteiger partial charge in [0.15, 0.2) is 5.58 Å². The molecule has 2 heterocycles. The molecule has 1 saturated heterocycles. The molecule has 0 unspecified atom stereocenters. The number of hydrogen-bond donors (Lipinski definition) is 1. The first kappa shape index (κ1) is 16.6. The van der Waals surface area contributed by atoms with Gasteiger partial charge in [-0.05, 0) is 56.3 Å². The molecule has 0 amide bonds. The zero-order valence-corrected chi connectivity index (χ0v) is 14.6. The Morgan fingerprint density at radius 3 is 2.76 bits per heavy atom. The summed E-state index contributed by atoms with van der Waals surface area (Å²) in [6.07, 6.45) is 8.30. The normalized spacial score (nSPS) is 20.0. The zero-order valence-electron chi connectivity index (χ0n) is 14.6. The molecule has 25 heavy (non-hydrogen) atoms. The number of hydrogen-bond acceptors (Lipinski definition) is 5. The third-order valence-corrected chi connectivity index (χ3v) is 5.54. The molecule has 0 bridgehead atoms. The average Bonchev–Trinajstić information content (AvgIpc) is 3.06. The van der Waals surface area contributed by atoms with Crippen LogP contribution in [0.15, 0.2) is 22.7 Å². The number of nitrogens with one attached hydrogen (secondary N) is 1. The summed E-state index contributed by atoms with van der Waals surface area (Å²) in [7, 11) is 0. The van der Waals surface area contributed by atoms with E-state index < -0.39 is 0 Å². The maximum Gasteiger partial charge on any atom is 0.312 e. The van der Waals surface area contributed by atoms with Gasteiger partial charge in [0.1, 0.15) is 11.8 Å². The monoisotopic (exact) mass is 342 g/mol. The Morgan fingerprint density at radius 2 is 1.96 bits per heavy atom. The van der Waals surface area contributed by atoms with Gasteiger partial charge < -0.3 is 14.6 Å². The molecule has 0 spiro atoms. The number of rotatable bonds is 4. The minimum Gasteiger partial charge on any atom is -0.462 e. The van der Waals surface area contributed by atoms with Crippen molar-refractivity contribution in [3.8, 4) is 0 Å². The first-order valence-corrected chi connectivity index (χ1v) is 9.58. The highest BCUT2D eigenvalue weighted by Crippen LogP contribution is 2.37. The fraction of sp³-hybridized carbons (Fsp3) is 0.600. The topological polar surface area (TPSA) is 64.4 Å². The minimum atomic E-state index is -0.194. The van der Waals surface area contributed by atoms with Gasteiger partial charge in [-0.1, -0.05) is 36.6 Å². The minimum absolute atomic E-state index is 0.0322. The van der Waals surface area contributed by atoms with Crippen LogP contribution in [0, 0.1) is 0 Å². The fourth-order valence-electron chi connectivity index (χ4n) is 4.23. The Morgan fingerprint density at radius 1 is 1.16 bits per heavy atom. The lowest BCUT2D eigenvalue weighted by Crippen LogP contribution is -2.34. The van der Waals surface area contributed by atoms with Crippen molar-refractivity contribution in [3.63, 3.8) is 0 Å². The Hall–Kier alpha value is -1.88. The first-order valence-electron chi connectivity index (χ1n) is 9.58. The van der Waals surface area contributed by atoms with Crippen LogP contribution >= 0.6 is 0 Å². The van der Waals surface area contributed by atoms with Gasteiger partial charge in [-0.15, -0.1) is 0 Å². The van der Waals surface area contributed by atoms with E-state index in [-0.39, 0.29) is 18.5 Å². The molecule has 1 aromatic heterocycles. The van der Waals surface area contributed by atoms with Crippen LogP contribution in [0.3, 0.4) is 0 Å².